The fourth-order valence-corrected chi connectivity index (χ4v) is 2.67. The van der Waals surface area contributed by atoms with Crippen molar-refractivity contribution in [2.24, 2.45) is 5.73 Å². The molecule has 0 aliphatic rings. The van der Waals surface area contributed by atoms with Gasteiger partial charge in [0.2, 0.25) is 5.91 Å². The van der Waals surface area contributed by atoms with Crippen LogP contribution in [-0.2, 0) is 21.5 Å². The van der Waals surface area contributed by atoms with E-state index in [1.807, 2.05) is 24.3 Å². The quantitative estimate of drug-likeness (QED) is 0.619. The van der Waals surface area contributed by atoms with Gasteiger partial charge in [-0.3, -0.25) is 14.4 Å². The minimum absolute atomic E-state index is 0.0551. The van der Waals surface area contributed by atoms with Crippen LogP contribution >= 0.6 is 0 Å². The van der Waals surface area contributed by atoms with Gasteiger partial charge in [-0.2, -0.15) is 0 Å². The molecule has 0 radical (unpaired) electrons. The van der Waals surface area contributed by atoms with Gasteiger partial charge in [-0.05, 0) is 47.7 Å². The fraction of sp³-hybridized carbons (Fsp3) is 0.348. The molecule has 1 unspecified atom stereocenters. The molecule has 2 aromatic carbocycles. The zero-order valence-electron chi connectivity index (χ0n) is 17.8. The van der Waals surface area contributed by atoms with E-state index in [-0.39, 0.29) is 23.8 Å². The number of carbonyl (C=O) groups excluding carboxylic acids is 3. The van der Waals surface area contributed by atoms with Gasteiger partial charge >= 0.3 is 0 Å². The molecule has 0 saturated heterocycles. The van der Waals surface area contributed by atoms with E-state index in [9.17, 15) is 14.4 Å². The number of ether oxygens (including phenoxy) is 1. The maximum absolute atomic E-state index is 12.3. The molecular formula is C23H29N3O4. The summed E-state index contributed by atoms with van der Waals surface area (Å²) in [5, 5.41) is 5.24. The smallest absolute Gasteiger partial charge is 0.261 e. The molecule has 2 rings (SSSR count). The standard InChI is InChI=1S/C23H29N3O4/c1-15(30-19-11-9-18(10-12-19)23(2,3)4)21(28)25-13-16-5-7-17(8-6-16)22(29)26-14-20(24)27/h5-12,15H,13-14H2,1-4H3,(H2,24,27)(H,25,28)(H,26,29). The van der Waals surface area contributed by atoms with Crippen LogP contribution in [0.15, 0.2) is 48.5 Å². The van der Waals surface area contributed by atoms with Crippen molar-refractivity contribution >= 4 is 17.7 Å². The molecule has 4 N–H and O–H groups in total. The number of nitrogens with two attached hydrogens (primary N) is 1. The summed E-state index contributed by atoms with van der Waals surface area (Å²) in [7, 11) is 0. The van der Waals surface area contributed by atoms with Crippen LogP contribution in [0.5, 0.6) is 5.75 Å². The van der Waals surface area contributed by atoms with Crippen LogP contribution in [0.25, 0.3) is 0 Å². The van der Waals surface area contributed by atoms with E-state index < -0.39 is 12.0 Å². The van der Waals surface area contributed by atoms with Crippen LogP contribution in [0.4, 0.5) is 0 Å². The van der Waals surface area contributed by atoms with Crippen molar-refractivity contribution in [2.45, 2.75) is 45.8 Å². The molecule has 1 atom stereocenters. The third-order valence-corrected chi connectivity index (χ3v) is 4.51. The van der Waals surface area contributed by atoms with Crippen molar-refractivity contribution in [1.82, 2.24) is 10.6 Å². The van der Waals surface area contributed by atoms with E-state index in [1.165, 1.54) is 5.56 Å². The molecule has 0 bridgehead atoms. The van der Waals surface area contributed by atoms with Gasteiger partial charge in [0.15, 0.2) is 6.10 Å². The molecule has 160 valence electrons. The van der Waals surface area contributed by atoms with E-state index in [0.717, 1.165) is 5.56 Å². The first-order valence-electron chi connectivity index (χ1n) is 9.76. The van der Waals surface area contributed by atoms with Crippen LogP contribution < -0.4 is 21.1 Å². The number of nitrogens with one attached hydrogen (secondary N) is 2. The Morgan fingerprint density at radius 3 is 2.10 bits per heavy atom. The van der Waals surface area contributed by atoms with Crippen LogP contribution in [0.2, 0.25) is 0 Å². The summed E-state index contributed by atoms with van der Waals surface area (Å²) in [6.45, 7) is 8.20. The Hall–Kier alpha value is -3.35. The highest BCUT2D eigenvalue weighted by Crippen LogP contribution is 2.24. The monoisotopic (exact) mass is 411 g/mol. The highest BCUT2D eigenvalue weighted by atomic mass is 16.5. The molecule has 7 heteroatoms. The predicted molar refractivity (Wildman–Crippen MR) is 115 cm³/mol. The van der Waals surface area contributed by atoms with Crippen molar-refractivity contribution in [3.8, 4) is 5.75 Å². The summed E-state index contributed by atoms with van der Waals surface area (Å²) in [6, 6.07) is 14.4. The van der Waals surface area contributed by atoms with Gasteiger partial charge in [0.25, 0.3) is 11.8 Å². The van der Waals surface area contributed by atoms with Gasteiger partial charge in [0.1, 0.15) is 5.75 Å². The highest BCUT2D eigenvalue weighted by Gasteiger charge is 2.16. The molecule has 0 aliphatic carbocycles. The lowest BCUT2D eigenvalue weighted by Gasteiger charge is -2.20. The molecule has 30 heavy (non-hydrogen) atoms. The van der Waals surface area contributed by atoms with Gasteiger partial charge < -0.3 is 21.1 Å². The molecule has 3 amide bonds. The molecule has 0 aromatic heterocycles. The Kier molecular flexibility index (Phi) is 7.58. The number of rotatable bonds is 8. The van der Waals surface area contributed by atoms with Crippen LogP contribution in [0.3, 0.4) is 0 Å². The third kappa shape index (κ3) is 6.92. The average molecular weight is 412 g/mol. The SMILES string of the molecule is CC(Oc1ccc(C(C)(C)C)cc1)C(=O)NCc1ccc(C(=O)NCC(N)=O)cc1. The zero-order valence-corrected chi connectivity index (χ0v) is 17.8. The van der Waals surface area contributed by atoms with E-state index in [0.29, 0.717) is 17.9 Å². The lowest BCUT2D eigenvalue weighted by molar-refractivity contribution is -0.127. The highest BCUT2D eigenvalue weighted by molar-refractivity contribution is 5.96. The topological polar surface area (TPSA) is 111 Å². The van der Waals surface area contributed by atoms with Gasteiger partial charge in [-0.15, -0.1) is 0 Å². The lowest BCUT2D eigenvalue weighted by Crippen LogP contribution is -2.36. The predicted octanol–water partition coefficient (Wildman–Crippen LogP) is 2.28. The van der Waals surface area contributed by atoms with Gasteiger partial charge in [-0.25, -0.2) is 0 Å². The summed E-state index contributed by atoms with van der Waals surface area (Å²) < 4.78 is 5.73. The van der Waals surface area contributed by atoms with Gasteiger partial charge in [-0.1, -0.05) is 45.0 Å². The number of carbonyl (C=O) groups is 3. The first kappa shape index (κ1) is 22.9. The van der Waals surface area contributed by atoms with Crippen LogP contribution in [0, 0.1) is 0 Å². The van der Waals surface area contributed by atoms with Crippen LogP contribution in [-0.4, -0.2) is 30.4 Å². The van der Waals surface area contributed by atoms with Crippen molar-refractivity contribution in [1.29, 1.82) is 0 Å². The van der Waals surface area contributed by atoms with E-state index in [2.05, 4.69) is 31.4 Å². The van der Waals surface area contributed by atoms with E-state index >= 15 is 0 Å². The molecule has 0 saturated carbocycles. The number of amides is 3. The first-order valence-corrected chi connectivity index (χ1v) is 9.76. The van der Waals surface area contributed by atoms with Gasteiger partial charge in [0.05, 0.1) is 6.54 Å². The second-order valence-corrected chi connectivity index (χ2v) is 8.10. The van der Waals surface area contributed by atoms with E-state index in [4.69, 9.17) is 10.5 Å². The Morgan fingerprint density at radius 2 is 1.57 bits per heavy atom. The Balaban J connectivity index is 1.84. The first-order chi connectivity index (χ1) is 14.1. The molecule has 0 fully saturated rings. The normalized spacial score (nSPS) is 12.0. The second-order valence-electron chi connectivity index (χ2n) is 8.10. The molecular weight excluding hydrogens is 382 g/mol. The van der Waals surface area contributed by atoms with E-state index in [1.54, 1.807) is 31.2 Å². The van der Waals surface area contributed by atoms with Crippen molar-refractivity contribution in [3.05, 3.63) is 65.2 Å². The summed E-state index contributed by atoms with van der Waals surface area (Å²) in [4.78, 5) is 34.9. The zero-order chi connectivity index (χ0) is 22.3. The summed E-state index contributed by atoms with van der Waals surface area (Å²) in [5.41, 5.74) is 7.49. The molecule has 0 aliphatic heterocycles. The summed E-state index contributed by atoms with van der Waals surface area (Å²) in [5.74, 6) is -0.594. The van der Waals surface area contributed by atoms with Crippen molar-refractivity contribution < 1.29 is 19.1 Å². The lowest BCUT2D eigenvalue weighted by atomic mass is 9.87. The average Bonchev–Trinajstić information content (AvgIpc) is 2.70. The van der Waals surface area contributed by atoms with Crippen LogP contribution in [0.1, 0.15) is 49.2 Å². The summed E-state index contributed by atoms with van der Waals surface area (Å²) in [6.07, 6.45) is -0.649. The third-order valence-electron chi connectivity index (χ3n) is 4.51. The summed E-state index contributed by atoms with van der Waals surface area (Å²) >= 11 is 0. The molecule has 2 aromatic rings. The van der Waals surface area contributed by atoms with Gasteiger partial charge in [0, 0.05) is 12.1 Å². The van der Waals surface area contributed by atoms with Crippen molar-refractivity contribution in [2.75, 3.05) is 6.54 Å². The molecule has 7 nitrogen and oxygen atoms in total. The number of primary amides is 1. The largest absolute Gasteiger partial charge is 0.481 e. The minimum atomic E-state index is -0.649. The molecule has 0 heterocycles. The van der Waals surface area contributed by atoms with Crippen molar-refractivity contribution in [3.63, 3.8) is 0 Å². The second kappa shape index (κ2) is 9.91. The molecule has 0 spiro atoms. The Bertz CT molecular complexity index is 884. The number of benzene rings is 2. The minimum Gasteiger partial charge on any atom is -0.481 e. The number of hydrogen-bond acceptors (Lipinski definition) is 4. The Morgan fingerprint density at radius 1 is 0.967 bits per heavy atom. The number of hydrogen-bond donors (Lipinski definition) is 3. The fourth-order valence-electron chi connectivity index (χ4n) is 2.67. The Labute approximate surface area is 177 Å². The maximum Gasteiger partial charge on any atom is 0.261 e. The maximum atomic E-state index is 12.3.